The van der Waals surface area contributed by atoms with Crippen molar-refractivity contribution in [1.82, 2.24) is 5.32 Å². The van der Waals surface area contributed by atoms with Crippen molar-refractivity contribution in [3.8, 4) is 11.5 Å². The van der Waals surface area contributed by atoms with E-state index in [2.05, 4.69) is 34.5 Å². The Morgan fingerprint density at radius 1 is 0.809 bits per heavy atom. The van der Waals surface area contributed by atoms with E-state index >= 15 is 0 Å². The van der Waals surface area contributed by atoms with Crippen molar-refractivity contribution < 1.29 is 23.9 Å². The van der Waals surface area contributed by atoms with Gasteiger partial charge in [-0.1, -0.05) is 73.7 Å². The number of carbonyl (C=O) groups is 3. The fraction of sp³-hybridized carbons (Fsp3) is 0.256. The van der Waals surface area contributed by atoms with E-state index in [0.717, 1.165) is 48.4 Å². The van der Waals surface area contributed by atoms with Gasteiger partial charge in [0.2, 0.25) is 0 Å². The molecular formula is C39H37N3O5. The Morgan fingerprint density at radius 3 is 2.00 bits per heavy atom. The standard InChI is InChI=1S/C39H37N3O5/c1-3-20-47-34-15-14-25(22-35(34)46-2)21-33-37(43)40-39(45)42(38(33)44)28-23-31-29(26-10-6-4-7-11-26)16-18-41-19-17-30(32(24-28)36(31)41)27-12-8-5-9-13-27/h4-15,21-24,29-30H,3,16-20H2,1-2H3,(H,40,43,45)/b33-21+/t29-,30-/m1/s1. The van der Waals surface area contributed by atoms with E-state index in [-0.39, 0.29) is 17.4 Å². The highest BCUT2D eigenvalue weighted by Gasteiger charge is 2.40. The Kier molecular flexibility index (Phi) is 8.24. The first-order chi connectivity index (χ1) is 23.0. The van der Waals surface area contributed by atoms with Gasteiger partial charge in [0.1, 0.15) is 5.57 Å². The lowest BCUT2D eigenvalue weighted by molar-refractivity contribution is -0.122. The highest BCUT2D eigenvalue weighted by molar-refractivity contribution is 6.39. The molecule has 0 aliphatic carbocycles. The Hall–Kier alpha value is -5.37. The summed E-state index contributed by atoms with van der Waals surface area (Å²) in [5, 5.41) is 2.42. The van der Waals surface area contributed by atoms with Gasteiger partial charge in [0.15, 0.2) is 11.5 Å². The predicted molar refractivity (Wildman–Crippen MR) is 182 cm³/mol. The molecule has 0 spiro atoms. The number of methoxy groups -OCH3 is 1. The maximum absolute atomic E-state index is 14.2. The number of barbiturate groups is 1. The zero-order valence-electron chi connectivity index (χ0n) is 26.6. The van der Waals surface area contributed by atoms with Crippen LogP contribution in [0.5, 0.6) is 11.5 Å². The van der Waals surface area contributed by atoms with E-state index in [9.17, 15) is 14.4 Å². The summed E-state index contributed by atoms with van der Waals surface area (Å²) in [4.78, 5) is 44.4. The summed E-state index contributed by atoms with van der Waals surface area (Å²) in [6.45, 7) is 4.40. The van der Waals surface area contributed by atoms with E-state index in [1.807, 2.05) is 55.5 Å². The number of nitrogens with one attached hydrogen (secondary N) is 1. The second-order valence-electron chi connectivity index (χ2n) is 12.2. The van der Waals surface area contributed by atoms with Crippen LogP contribution in [0, 0.1) is 0 Å². The quantitative estimate of drug-likeness (QED) is 0.167. The minimum atomic E-state index is -0.763. The molecule has 47 heavy (non-hydrogen) atoms. The minimum absolute atomic E-state index is 0.0937. The lowest BCUT2D eigenvalue weighted by atomic mass is 9.76. The molecule has 0 bridgehead atoms. The van der Waals surface area contributed by atoms with E-state index in [0.29, 0.717) is 29.4 Å². The highest BCUT2D eigenvalue weighted by Crippen LogP contribution is 2.50. The monoisotopic (exact) mass is 627 g/mol. The van der Waals surface area contributed by atoms with Crippen LogP contribution in [0.2, 0.25) is 0 Å². The van der Waals surface area contributed by atoms with Crippen molar-refractivity contribution in [3.63, 3.8) is 0 Å². The van der Waals surface area contributed by atoms with Gasteiger partial charge in [0, 0.05) is 30.6 Å². The first-order valence-corrected chi connectivity index (χ1v) is 16.2. The van der Waals surface area contributed by atoms with Gasteiger partial charge < -0.3 is 14.4 Å². The summed E-state index contributed by atoms with van der Waals surface area (Å²) in [6.07, 6.45) is 4.17. The van der Waals surface area contributed by atoms with Gasteiger partial charge in [0.05, 0.1) is 19.4 Å². The number of imide groups is 2. The van der Waals surface area contributed by atoms with Crippen molar-refractivity contribution in [2.24, 2.45) is 0 Å². The maximum atomic E-state index is 14.2. The van der Waals surface area contributed by atoms with Crippen molar-refractivity contribution in [3.05, 3.63) is 124 Å². The van der Waals surface area contributed by atoms with Gasteiger partial charge >= 0.3 is 6.03 Å². The summed E-state index contributed by atoms with van der Waals surface area (Å²) in [6, 6.07) is 29.2. The Morgan fingerprint density at radius 2 is 1.43 bits per heavy atom. The molecular weight excluding hydrogens is 590 g/mol. The lowest BCUT2D eigenvalue weighted by Crippen LogP contribution is -2.54. The summed E-state index contributed by atoms with van der Waals surface area (Å²) < 4.78 is 11.3. The molecule has 2 atom stereocenters. The van der Waals surface area contributed by atoms with Crippen LogP contribution >= 0.6 is 0 Å². The third kappa shape index (κ3) is 5.65. The van der Waals surface area contributed by atoms with E-state index < -0.39 is 17.8 Å². The molecule has 4 aromatic carbocycles. The zero-order chi connectivity index (χ0) is 32.5. The number of amides is 4. The third-order valence-electron chi connectivity index (χ3n) is 9.32. The van der Waals surface area contributed by atoms with Crippen LogP contribution in [0.1, 0.15) is 65.8 Å². The molecule has 0 aromatic heterocycles. The van der Waals surface area contributed by atoms with Crippen LogP contribution in [0.4, 0.5) is 16.2 Å². The van der Waals surface area contributed by atoms with E-state index in [4.69, 9.17) is 9.47 Å². The van der Waals surface area contributed by atoms with E-state index in [1.165, 1.54) is 22.9 Å². The molecule has 4 aromatic rings. The Labute approximate surface area is 274 Å². The second-order valence-corrected chi connectivity index (χ2v) is 12.2. The molecule has 1 saturated heterocycles. The summed E-state index contributed by atoms with van der Waals surface area (Å²) >= 11 is 0. The molecule has 0 unspecified atom stereocenters. The van der Waals surface area contributed by atoms with Gasteiger partial charge in [0.25, 0.3) is 11.8 Å². The largest absolute Gasteiger partial charge is 0.493 e. The molecule has 1 N–H and O–H groups in total. The topological polar surface area (TPSA) is 88.2 Å². The van der Waals surface area contributed by atoms with Crippen LogP contribution in [-0.4, -0.2) is 44.7 Å². The fourth-order valence-corrected chi connectivity index (χ4v) is 7.13. The first kappa shape index (κ1) is 30.3. The van der Waals surface area contributed by atoms with Crippen LogP contribution in [0.3, 0.4) is 0 Å². The fourth-order valence-electron chi connectivity index (χ4n) is 7.13. The first-order valence-electron chi connectivity index (χ1n) is 16.2. The number of ether oxygens (including phenoxy) is 2. The molecule has 3 heterocycles. The van der Waals surface area contributed by atoms with E-state index in [1.54, 1.807) is 25.3 Å². The SMILES string of the molecule is CCCOc1ccc(/C=C2\C(=O)NC(=O)N(c3cc4c5c(c3)[C@@H](c3ccccc3)CCN5CC[C@@H]4c3ccccc3)C2=O)cc1OC. The van der Waals surface area contributed by atoms with Crippen molar-refractivity contribution in [2.45, 2.75) is 38.0 Å². The normalized spacial score (nSPS) is 19.8. The molecule has 8 heteroatoms. The third-order valence-corrected chi connectivity index (χ3v) is 9.32. The van der Waals surface area contributed by atoms with Gasteiger partial charge in [-0.05, 0) is 77.4 Å². The predicted octanol–water partition coefficient (Wildman–Crippen LogP) is 7.03. The molecule has 1 fully saturated rings. The highest BCUT2D eigenvalue weighted by atomic mass is 16.5. The molecule has 4 amide bonds. The van der Waals surface area contributed by atoms with Gasteiger partial charge in [-0.2, -0.15) is 0 Å². The average Bonchev–Trinajstić information content (AvgIpc) is 3.10. The van der Waals surface area contributed by atoms with Crippen molar-refractivity contribution >= 4 is 35.3 Å². The van der Waals surface area contributed by atoms with Crippen LogP contribution < -0.4 is 24.6 Å². The number of urea groups is 1. The Bertz CT molecular complexity index is 1800. The van der Waals surface area contributed by atoms with Crippen LogP contribution in [0.25, 0.3) is 6.08 Å². The number of nitrogens with zero attached hydrogens (tertiary/aromatic N) is 2. The smallest absolute Gasteiger partial charge is 0.335 e. The van der Waals surface area contributed by atoms with Gasteiger partial charge in [-0.3, -0.25) is 14.9 Å². The maximum Gasteiger partial charge on any atom is 0.335 e. The summed E-state index contributed by atoms with van der Waals surface area (Å²) in [7, 11) is 1.54. The number of rotatable bonds is 8. The summed E-state index contributed by atoms with van der Waals surface area (Å²) in [5.41, 5.74) is 6.63. The second kappa shape index (κ2) is 12.8. The zero-order valence-corrected chi connectivity index (χ0v) is 26.6. The van der Waals surface area contributed by atoms with Crippen molar-refractivity contribution in [1.29, 1.82) is 0 Å². The molecule has 7 rings (SSSR count). The van der Waals surface area contributed by atoms with Gasteiger partial charge in [-0.25, -0.2) is 9.69 Å². The number of hydrogen-bond acceptors (Lipinski definition) is 6. The number of hydrogen-bond donors (Lipinski definition) is 1. The van der Waals surface area contributed by atoms with Crippen LogP contribution in [0.15, 0.2) is 96.6 Å². The summed E-state index contributed by atoms with van der Waals surface area (Å²) in [5.74, 6) is -0.164. The molecule has 0 saturated carbocycles. The molecule has 3 aliphatic rings. The number of benzene rings is 4. The molecule has 238 valence electrons. The average molecular weight is 628 g/mol. The molecule has 3 aliphatic heterocycles. The van der Waals surface area contributed by atoms with Crippen LogP contribution in [-0.2, 0) is 9.59 Å². The lowest BCUT2D eigenvalue weighted by Gasteiger charge is -2.44. The minimum Gasteiger partial charge on any atom is -0.493 e. The Balaban J connectivity index is 1.34. The van der Waals surface area contributed by atoms with Gasteiger partial charge in [-0.15, -0.1) is 0 Å². The molecule has 8 nitrogen and oxygen atoms in total. The molecule has 0 radical (unpaired) electrons. The number of carbonyl (C=O) groups excluding carboxylic acids is 3. The number of anilines is 2. The van der Waals surface area contributed by atoms with Crippen molar-refractivity contribution in [2.75, 3.05) is 36.6 Å².